The summed E-state index contributed by atoms with van der Waals surface area (Å²) in [5.74, 6) is 1.30. The molecule has 0 aromatic heterocycles. The van der Waals surface area contributed by atoms with Crippen molar-refractivity contribution < 1.29 is 14.3 Å². The molecule has 1 atom stereocenters. The van der Waals surface area contributed by atoms with E-state index in [1.165, 1.54) is 0 Å². The molecule has 2 aliphatic heterocycles. The lowest BCUT2D eigenvalue weighted by Crippen LogP contribution is -2.53. The first-order valence-corrected chi connectivity index (χ1v) is 13.7. The lowest BCUT2D eigenvalue weighted by Gasteiger charge is -2.49. The average Bonchev–Trinajstić information content (AvgIpc) is 2.76. The number of rotatable bonds is 5. The predicted octanol–water partition coefficient (Wildman–Crippen LogP) is 5.51. The molecule has 31 heavy (non-hydrogen) atoms. The molecule has 0 aliphatic carbocycles. The number of carbonyl (C=O) groups is 1. The zero-order chi connectivity index (χ0) is 22.3. The minimum atomic E-state index is -2.76. The molecule has 4 rings (SSSR count). The molecule has 2 aromatic carbocycles. The van der Waals surface area contributed by atoms with Crippen LogP contribution in [0.1, 0.15) is 20.8 Å². The molecule has 0 N–H and O–H groups in total. The number of amides is 2. The van der Waals surface area contributed by atoms with Crippen LogP contribution in [0.3, 0.4) is 0 Å². The van der Waals surface area contributed by atoms with Crippen LogP contribution in [0.25, 0.3) is 0 Å². The average molecular weight is 500 g/mol. The second-order valence-corrected chi connectivity index (χ2v) is 12.0. The van der Waals surface area contributed by atoms with Gasteiger partial charge in [-0.1, -0.05) is 48.9 Å². The maximum absolute atomic E-state index is 13.9. The van der Waals surface area contributed by atoms with Crippen molar-refractivity contribution >= 4 is 64.1 Å². The van der Waals surface area contributed by atoms with Crippen molar-refractivity contribution in [3.63, 3.8) is 0 Å². The number of ether oxygens (including phenoxy) is 2. The van der Waals surface area contributed by atoms with E-state index in [4.69, 9.17) is 44.5 Å². The van der Waals surface area contributed by atoms with Crippen LogP contribution in [0.15, 0.2) is 30.3 Å². The highest BCUT2D eigenvalue weighted by Gasteiger charge is 2.46. The highest BCUT2D eigenvalue weighted by Crippen LogP contribution is 2.60. The van der Waals surface area contributed by atoms with Crippen LogP contribution in [0, 0.1) is 0 Å². The van der Waals surface area contributed by atoms with Crippen molar-refractivity contribution in [3.05, 3.63) is 40.4 Å². The molecule has 166 valence electrons. The number of halogens is 2. The molecule has 2 heterocycles. The maximum Gasteiger partial charge on any atom is 0.334 e. The SMILES string of the molecule is CCN1C(=O)N(c2ccc(Cl)c(Cl)c2)[P@](=S)(N(CC)CC)c2cc3c(cc21)OCCO3. The van der Waals surface area contributed by atoms with Crippen molar-refractivity contribution in [1.29, 1.82) is 0 Å². The van der Waals surface area contributed by atoms with E-state index >= 15 is 0 Å². The van der Waals surface area contributed by atoms with E-state index in [0.29, 0.717) is 60.1 Å². The normalized spacial score (nSPS) is 20.3. The highest BCUT2D eigenvalue weighted by molar-refractivity contribution is 8.18. The van der Waals surface area contributed by atoms with Gasteiger partial charge >= 0.3 is 6.03 Å². The van der Waals surface area contributed by atoms with E-state index in [0.717, 1.165) is 11.0 Å². The third kappa shape index (κ3) is 3.61. The standard InChI is InChI=1S/C21H24Cl2N3O3PS/c1-4-24(5-2)30(31)20-13-19-18(28-9-10-29-19)12-17(20)25(6-3)21(27)26(30)14-7-8-15(22)16(23)11-14/h7-8,11-13H,4-6,9-10H2,1-3H3/t30-/m1/s1. The van der Waals surface area contributed by atoms with Crippen LogP contribution in [0.4, 0.5) is 16.2 Å². The van der Waals surface area contributed by atoms with Gasteiger partial charge in [-0.15, -0.1) is 0 Å². The van der Waals surface area contributed by atoms with Gasteiger partial charge in [0.1, 0.15) is 19.6 Å². The van der Waals surface area contributed by atoms with Gasteiger partial charge < -0.3 is 9.47 Å². The molecule has 0 fully saturated rings. The predicted molar refractivity (Wildman–Crippen MR) is 132 cm³/mol. The van der Waals surface area contributed by atoms with E-state index in [-0.39, 0.29) is 6.03 Å². The Kier molecular flexibility index (Phi) is 6.44. The fourth-order valence-electron chi connectivity index (χ4n) is 4.03. The summed E-state index contributed by atoms with van der Waals surface area (Å²) in [5.41, 5.74) is 1.41. The van der Waals surface area contributed by atoms with Gasteiger partial charge in [-0.05, 0) is 31.2 Å². The Bertz CT molecular complexity index is 1080. The third-order valence-electron chi connectivity index (χ3n) is 5.50. The Morgan fingerprint density at radius 2 is 1.68 bits per heavy atom. The molecular formula is C21H24Cl2N3O3PS. The van der Waals surface area contributed by atoms with E-state index in [9.17, 15) is 4.79 Å². The first-order valence-electron chi connectivity index (χ1n) is 10.2. The number of nitrogens with zero attached hydrogens (tertiary/aromatic N) is 3. The Hall–Kier alpha value is -1.50. The Morgan fingerprint density at radius 3 is 2.26 bits per heavy atom. The van der Waals surface area contributed by atoms with E-state index in [1.807, 2.05) is 19.1 Å². The topological polar surface area (TPSA) is 45.3 Å². The van der Waals surface area contributed by atoms with Crippen LogP contribution in [-0.4, -0.2) is 43.5 Å². The molecule has 0 radical (unpaired) electrons. The zero-order valence-corrected chi connectivity index (χ0v) is 20.8. The summed E-state index contributed by atoms with van der Waals surface area (Å²) in [6.45, 7) is 8.88. The fourth-order valence-corrected chi connectivity index (χ4v) is 9.04. The third-order valence-corrected chi connectivity index (χ3v) is 11.3. The summed E-state index contributed by atoms with van der Waals surface area (Å²) in [5, 5.41) is 1.71. The molecule has 0 saturated carbocycles. The minimum Gasteiger partial charge on any atom is -0.486 e. The van der Waals surface area contributed by atoms with Crippen molar-refractivity contribution in [1.82, 2.24) is 4.67 Å². The molecule has 2 amide bonds. The summed E-state index contributed by atoms with van der Waals surface area (Å²) in [7, 11) is 0. The van der Waals surface area contributed by atoms with Crippen molar-refractivity contribution in [2.24, 2.45) is 0 Å². The first kappa shape index (κ1) is 22.7. The summed E-state index contributed by atoms with van der Waals surface area (Å²) in [6.07, 6.45) is -2.76. The monoisotopic (exact) mass is 499 g/mol. The Balaban J connectivity index is 2.02. The van der Waals surface area contributed by atoms with E-state index < -0.39 is 6.34 Å². The molecule has 0 saturated heterocycles. The highest BCUT2D eigenvalue weighted by atomic mass is 35.5. The van der Waals surface area contributed by atoms with Gasteiger partial charge in [0.15, 0.2) is 11.5 Å². The van der Waals surface area contributed by atoms with Gasteiger partial charge in [0.25, 0.3) is 0 Å². The van der Waals surface area contributed by atoms with Gasteiger partial charge in [-0.25, -0.2) is 9.46 Å². The lowest BCUT2D eigenvalue weighted by molar-refractivity contribution is 0.172. The number of benzene rings is 2. The van der Waals surface area contributed by atoms with Crippen molar-refractivity contribution in [3.8, 4) is 11.5 Å². The minimum absolute atomic E-state index is 0.180. The summed E-state index contributed by atoms with van der Waals surface area (Å²) < 4.78 is 15.6. The molecule has 2 aliphatic rings. The first-order chi connectivity index (χ1) is 14.9. The molecular weight excluding hydrogens is 476 g/mol. The molecule has 0 unspecified atom stereocenters. The Labute approximate surface area is 197 Å². The molecule has 0 bridgehead atoms. The molecule has 6 nitrogen and oxygen atoms in total. The maximum atomic E-state index is 13.9. The lowest BCUT2D eigenvalue weighted by atomic mass is 10.2. The number of carbonyl (C=O) groups excluding carboxylic acids is 1. The summed E-state index contributed by atoms with van der Waals surface area (Å²) >= 11 is 18.9. The van der Waals surface area contributed by atoms with Crippen LogP contribution >= 0.6 is 29.5 Å². The quantitative estimate of drug-likeness (QED) is 0.507. The number of hydrogen-bond donors (Lipinski definition) is 0. The van der Waals surface area contributed by atoms with E-state index in [2.05, 4.69) is 18.5 Å². The molecule has 0 spiro atoms. The van der Waals surface area contributed by atoms with Crippen LogP contribution < -0.4 is 24.3 Å². The van der Waals surface area contributed by atoms with Gasteiger partial charge in [-0.3, -0.25) is 9.57 Å². The molecule has 2 aromatic rings. The fraction of sp³-hybridized carbons (Fsp3) is 0.381. The van der Waals surface area contributed by atoms with Crippen LogP contribution in [0.2, 0.25) is 10.0 Å². The number of urea groups is 1. The zero-order valence-electron chi connectivity index (χ0n) is 17.6. The molecule has 10 heteroatoms. The van der Waals surface area contributed by atoms with Crippen LogP contribution in [-0.2, 0) is 11.8 Å². The smallest absolute Gasteiger partial charge is 0.334 e. The van der Waals surface area contributed by atoms with Gasteiger partial charge in [-0.2, -0.15) is 0 Å². The van der Waals surface area contributed by atoms with Crippen LogP contribution in [0.5, 0.6) is 11.5 Å². The summed E-state index contributed by atoms with van der Waals surface area (Å²) in [6, 6.07) is 8.88. The van der Waals surface area contributed by atoms with Gasteiger partial charge in [0.2, 0.25) is 0 Å². The number of hydrogen-bond acceptors (Lipinski definition) is 4. The van der Waals surface area contributed by atoms with Gasteiger partial charge in [0, 0.05) is 31.0 Å². The Morgan fingerprint density at radius 1 is 1.03 bits per heavy atom. The van der Waals surface area contributed by atoms with Crippen molar-refractivity contribution in [2.75, 3.05) is 42.4 Å². The van der Waals surface area contributed by atoms with Gasteiger partial charge in [0.05, 0.1) is 21.4 Å². The van der Waals surface area contributed by atoms with E-state index in [1.54, 1.807) is 27.8 Å². The summed E-state index contributed by atoms with van der Waals surface area (Å²) in [4.78, 5) is 15.6. The van der Waals surface area contributed by atoms with Crippen molar-refractivity contribution in [2.45, 2.75) is 20.8 Å². The number of anilines is 2. The second-order valence-electron chi connectivity index (χ2n) is 7.10. The largest absolute Gasteiger partial charge is 0.486 e. The second kappa shape index (κ2) is 8.80. The number of fused-ring (bicyclic) bond motifs is 2.